The molecule has 0 spiro atoms. The number of hydrogen-bond acceptors (Lipinski definition) is 9. The summed E-state index contributed by atoms with van der Waals surface area (Å²) in [7, 11) is 3.11. The normalized spacial score (nSPS) is 26.6. The van der Waals surface area contributed by atoms with Gasteiger partial charge in [0.05, 0.1) is 36.8 Å². The van der Waals surface area contributed by atoms with Crippen molar-refractivity contribution in [3.8, 4) is 17.2 Å². The molecule has 3 heterocycles. The number of imide groups is 1. The van der Waals surface area contributed by atoms with E-state index < -0.39 is 11.8 Å². The fourth-order valence-electron chi connectivity index (χ4n) is 8.25. The number of fused-ring (bicyclic) bond motifs is 9. The van der Waals surface area contributed by atoms with E-state index in [-0.39, 0.29) is 58.1 Å². The molecule has 2 aliphatic heterocycles. The number of amides is 3. The first-order valence-electron chi connectivity index (χ1n) is 15.5. The molecule has 13 heteroatoms. The summed E-state index contributed by atoms with van der Waals surface area (Å²) >= 11 is 8.77. The van der Waals surface area contributed by atoms with Crippen molar-refractivity contribution in [1.29, 1.82) is 0 Å². The van der Waals surface area contributed by atoms with E-state index in [0.29, 0.717) is 33.6 Å². The van der Waals surface area contributed by atoms with Crippen LogP contribution in [0.4, 0.5) is 11.4 Å². The molecule has 1 saturated heterocycles. The van der Waals surface area contributed by atoms with Crippen LogP contribution in [0.3, 0.4) is 0 Å². The van der Waals surface area contributed by atoms with Gasteiger partial charge >= 0.3 is 4.87 Å². The number of thiazole rings is 1. The standard InChI is InChI=1S/C35H30ClN3O7S2/c1-44-20-10-8-19(9-11-20)39-33(41)28-21-14-22(29(28)34(39)42)30-27(21)26(31-32(47-30)38-35(43)48-31)16-3-12-23(24(13-16)45-2)46-15-25(40)37-18-6-4-17(36)5-7-18/h3-13,21-22,26-30H,14-15H2,1-2H3,(H,37,40)(H,38,43)/t21-,22-,26+,27-,28+,29+,30-/m1/s1. The molecule has 2 N–H and O–H groups in total. The number of methoxy groups -OCH3 is 2. The van der Waals surface area contributed by atoms with Crippen molar-refractivity contribution < 1.29 is 28.6 Å². The number of thioether (sulfide) groups is 1. The highest BCUT2D eigenvalue weighted by molar-refractivity contribution is 8.00. The molecule has 3 fully saturated rings. The molecule has 7 atom stereocenters. The molecule has 246 valence electrons. The zero-order chi connectivity index (χ0) is 33.3. The summed E-state index contributed by atoms with van der Waals surface area (Å²) < 4.78 is 16.9. The Bertz CT molecular complexity index is 2000. The number of carbonyl (C=O) groups excluding carboxylic acids is 3. The number of nitrogens with one attached hydrogen (secondary N) is 2. The molecule has 4 aliphatic rings. The maximum Gasteiger partial charge on any atom is 0.305 e. The van der Waals surface area contributed by atoms with E-state index in [1.807, 2.05) is 12.1 Å². The second kappa shape index (κ2) is 12.0. The number of ether oxygens (including phenoxy) is 3. The second-order valence-electron chi connectivity index (χ2n) is 12.4. The Morgan fingerprint density at radius 3 is 2.38 bits per heavy atom. The number of carbonyl (C=O) groups is 3. The van der Waals surface area contributed by atoms with E-state index in [1.165, 1.54) is 23.3 Å². The van der Waals surface area contributed by atoms with Gasteiger partial charge in [-0.15, -0.1) is 11.8 Å². The van der Waals surface area contributed by atoms with Gasteiger partial charge in [-0.25, -0.2) is 0 Å². The first kappa shape index (κ1) is 31.0. The van der Waals surface area contributed by atoms with Gasteiger partial charge in [0.1, 0.15) is 5.75 Å². The molecule has 2 bridgehead atoms. The summed E-state index contributed by atoms with van der Waals surface area (Å²) in [6.45, 7) is -0.236. The van der Waals surface area contributed by atoms with E-state index in [2.05, 4.69) is 10.3 Å². The number of nitrogens with zero attached hydrogens (tertiary/aromatic N) is 1. The van der Waals surface area contributed by atoms with Crippen LogP contribution in [0.25, 0.3) is 0 Å². The molecule has 4 aromatic rings. The van der Waals surface area contributed by atoms with Gasteiger partial charge in [0.25, 0.3) is 5.91 Å². The van der Waals surface area contributed by atoms with Crippen molar-refractivity contribution in [2.75, 3.05) is 31.0 Å². The zero-order valence-electron chi connectivity index (χ0n) is 25.8. The van der Waals surface area contributed by atoms with Crippen LogP contribution in [-0.4, -0.2) is 48.8 Å². The molecule has 10 nitrogen and oxygen atoms in total. The molecule has 48 heavy (non-hydrogen) atoms. The molecule has 0 radical (unpaired) electrons. The van der Waals surface area contributed by atoms with Crippen LogP contribution >= 0.6 is 34.7 Å². The summed E-state index contributed by atoms with van der Waals surface area (Å²) in [6, 6.07) is 19.4. The van der Waals surface area contributed by atoms with Gasteiger partial charge in [-0.05, 0) is 90.4 Å². The summed E-state index contributed by atoms with van der Waals surface area (Å²) in [5, 5.41) is 4.22. The third kappa shape index (κ3) is 5.00. The fraction of sp³-hybridized carbons (Fsp3) is 0.314. The second-order valence-corrected chi connectivity index (χ2v) is 15.1. The number of aromatic nitrogens is 1. The lowest BCUT2D eigenvalue weighted by atomic mass is 9.68. The van der Waals surface area contributed by atoms with E-state index >= 15 is 0 Å². The molecular formula is C35H30ClN3O7S2. The van der Waals surface area contributed by atoms with Crippen LogP contribution in [0, 0.1) is 29.6 Å². The Labute approximate surface area is 288 Å². The first-order chi connectivity index (χ1) is 23.2. The minimum absolute atomic E-state index is 0.00240. The van der Waals surface area contributed by atoms with Crippen molar-refractivity contribution in [3.05, 3.63) is 91.9 Å². The summed E-state index contributed by atoms with van der Waals surface area (Å²) in [4.78, 5) is 58.4. The highest BCUT2D eigenvalue weighted by Crippen LogP contribution is 2.68. The minimum atomic E-state index is -0.421. The summed E-state index contributed by atoms with van der Waals surface area (Å²) in [5.41, 5.74) is 2.07. The van der Waals surface area contributed by atoms with Crippen LogP contribution in [0.15, 0.2) is 76.6 Å². The molecule has 2 saturated carbocycles. The van der Waals surface area contributed by atoms with Gasteiger partial charge in [0.2, 0.25) is 11.8 Å². The quantitative estimate of drug-likeness (QED) is 0.221. The topological polar surface area (TPSA) is 127 Å². The number of rotatable bonds is 8. The Balaban J connectivity index is 1.08. The highest BCUT2D eigenvalue weighted by Gasteiger charge is 2.69. The van der Waals surface area contributed by atoms with E-state index in [0.717, 1.165) is 21.9 Å². The van der Waals surface area contributed by atoms with Gasteiger partial charge in [0, 0.05) is 26.8 Å². The van der Waals surface area contributed by atoms with Crippen molar-refractivity contribution in [3.63, 3.8) is 0 Å². The van der Waals surface area contributed by atoms with E-state index in [9.17, 15) is 19.2 Å². The zero-order valence-corrected chi connectivity index (χ0v) is 28.2. The monoisotopic (exact) mass is 703 g/mol. The maximum absolute atomic E-state index is 14.1. The predicted octanol–water partition coefficient (Wildman–Crippen LogP) is 5.80. The smallest absolute Gasteiger partial charge is 0.305 e. The lowest BCUT2D eigenvalue weighted by Gasteiger charge is -2.43. The lowest BCUT2D eigenvalue weighted by Crippen LogP contribution is -2.42. The Morgan fingerprint density at radius 2 is 1.67 bits per heavy atom. The fourth-order valence-corrected chi connectivity index (χ4v) is 11.3. The van der Waals surface area contributed by atoms with Gasteiger partial charge in [0.15, 0.2) is 18.1 Å². The minimum Gasteiger partial charge on any atom is -0.497 e. The molecular weight excluding hydrogens is 674 g/mol. The van der Waals surface area contributed by atoms with Crippen LogP contribution in [0.2, 0.25) is 5.02 Å². The molecule has 3 amide bonds. The van der Waals surface area contributed by atoms with Crippen LogP contribution in [0.1, 0.15) is 22.8 Å². The third-order valence-corrected chi connectivity index (χ3v) is 12.9. The number of benzene rings is 3. The number of anilines is 2. The average Bonchev–Trinajstić information content (AvgIpc) is 3.83. The van der Waals surface area contributed by atoms with Crippen molar-refractivity contribution in [1.82, 2.24) is 4.98 Å². The third-order valence-electron chi connectivity index (χ3n) is 10.1. The van der Waals surface area contributed by atoms with Crippen LogP contribution in [-0.2, 0) is 14.4 Å². The number of halogens is 1. The predicted molar refractivity (Wildman–Crippen MR) is 183 cm³/mol. The first-order valence-corrected chi connectivity index (χ1v) is 17.6. The van der Waals surface area contributed by atoms with Gasteiger partial charge in [-0.1, -0.05) is 29.0 Å². The Kier molecular flexibility index (Phi) is 7.77. The lowest BCUT2D eigenvalue weighted by molar-refractivity contribution is -0.123. The molecule has 8 rings (SSSR count). The van der Waals surface area contributed by atoms with Gasteiger partial charge < -0.3 is 24.5 Å². The van der Waals surface area contributed by atoms with Crippen LogP contribution < -0.4 is 29.3 Å². The van der Waals surface area contributed by atoms with Crippen molar-refractivity contribution in [2.24, 2.45) is 29.6 Å². The molecule has 0 unspecified atom stereocenters. The number of aromatic amines is 1. The number of H-pyrrole nitrogens is 1. The number of hydrogen-bond donors (Lipinski definition) is 2. The molecule has 3 aromatic carbocycles. The van der Waals surface area contributed by atoms with Crippen LogP contribution in [0.5, 0.6) is 17.2 Å². The highest BCUT2D eigenvalue weighted by atomic mass is 35.5. The average molecular weight is 704 g/mol. The van der Waals surface area contributed by atoms with Crippen molar-refractivity contribution >= 4 is 63.8 Å². The molecule has 2 aliphatic carbocycles. The van der Waals surface area contributed by atoms with E-state index in [4.69, 9.17) is 25.8 Å². The maximum atomic E-state index is 14.1. The summed E-state index contributed by atoms with van der Waals surface area (Å²) in [5.74, 6) is -0.170. The Hall–Kier alpha value is -4.26. The summed E-state index contributed by atoms with van der Waals surface area (Å²) in [6.07, 6.45) is 0.780. The SMILES string of the molecule is COc1ccc(N2C(=O)[C@H]3[C@H]4C[C@@H]([C@@H]3C2=O)[C@@H]2[C@H](c3ccc(OCC(=O)Nc5ccc(Cl)cc5)c(OC)c3)c3sc(=O)[nH]c3S[C@H]42)cc1. The largest absolute Gasteiger partial charge is 0.497 e. The molecule has 1 aromatic heterocycles. The van der Waals surface area contributed by atoms with E-state index in [1.54, 1.807) is 73.5 Å². The van der Waals surface area contributed by atoms with Gasteiger partial charge in [-0.2, -0.15) is 0 Å². The van der Waals surface area contributed by atoms with Gasteiger partial charge in [-0.3, -0.25) is 24.1 Å². The van der Waals surface area contributed by atoms with Crippen molar-refractivity contribution in [2.45, 2.75) is 22.6 Å². The Morgan fingerprint density at radius 1 is 0.938 bits per heavy atom.